The van der Waals surface area contributed by atoms with Crippen LogP contribution < -0.4 is 5.32 Å². The normalized spacial score (nSPS) is 14.1. The standard InChI is InChI=1S/C39H46N2O.ClH/c42-38(24-23-33-15-5-1-6-16-33)40-29-13-27-39(36-19-9-3-10-20-36,37-21-11-4-12-22-37)28-14-30-41-31-25-35(26-32-41)34-17-7-2-8-18-34;/h1-12,15-22,35H,13-14,23-32H2,(H,40,42);1H. The van der Waals surface area contributed by atoms with Crippen LogP contribution in [0.2, 0.25) is 0 Å². The molecule has 0 radical (unpaired) electrons. The SMILES string of the molecule is Cl.O=C(CCc1ccccc1)NCCCC(CCCN1CCC(c2ccccc2)CC1)(c1ccccc1)c1ccccc1. The summed E-state index contributed by atoms with van der Waals surface area (Å²) in [7, 11) is 0. The summed E-state index contributed by atoms with van der Waals surface area (Å²) in [6.07, 6.45) is 8.03. The van der Waals surface area contributed by atoms with Gasteiger partial charge in [-0.15, -0.1) is 12.4 Å². The van der Waals surface area contributed by atoms with Gasteiger partial charge in [-0.05, 0) is 92.8 Å². The van der Waals surface area contributed by atoms with Crippen molar-refractivity contribution in [1.82, 2.24) is 10.2 Å². The molecule has 1 fully saturated rings. The Morgan fingerprint density at radius 1 is 0.698 bits per heavy atom. The number of piperidine rings is 1. The maximum Gasteiger partial charge on any atom is 0.220 e. The Morgan fingerprint density at radius 3 is 1.79 bits per heavy atom. The Labute approximate surface area is 265 Å². The van der Waals surface area contributed by atoms with Crippen molar-refractivity contribution in [2.75, 3.05) is 26.2 Å². The van der Waals surface area contributed by atoms with E-state index in [2.05, 4.69) is 113 Å². The van der Waals surface area contributed by atoms with Crippen LogP contribution in [0, 0.1) is 0 Å². The molecule has 4 aromatic rings. The molecule has 4 heteroatoms. The predicted molar refractivity (Wildman–Crippen MR) is 182 cm³/mol. The van der Waals surface area contributed by atoms with E-state index in [-0.39, 0.29) is 23.7 Å². The van der Waals surface area contributed by atoms with Crippen molar-refractivity contribution in [2.45, 2.75) is 62.7 Å². The number of hydrogen-bond donors (Lipinski definition) is 1. The number of carbonyl (C=O) groups excluding carboxylic acids is 1. The number of rotatable bonds is 14. The van der Waals surface area contributed by atoms with Crippen LogP contribution in [0.5, 0.6) is 0 Å². The summed E-state index contributed by atoms with van der Waals surface area (Å²) in [5.41, 5.74) is 5.41. The summed E-state index contributed by atoms with van der Waals surface area (Å²) < 4.78 is 0. The lowest BCUT2D eigenvalue weighted by Gasteiger charge is -2.37. The van der Waals surface area contributed by atoms with Crippen LogP contribution in [0.25, 0.3) is 0 Å². The smallest absolute Gasteiger partial charge is 0.220 e. The molecule has 1 heterocycles. The topological polar surface area (TPSA) is 32.3 Å². The van der Waals surface area contributed by atoms with Crippen molar-refractivity contribution in [3.05, 3.63) is 144 Å². The van der Waals surface area contributed by atoms with Crippen molar-refractivity contribution in [1.29, 1.82) is 0 Å². The molecule has 43 heavy (non-hydrogen) atoms. The predicted octanol–water partition coefficient (Wildman–Crippen LogP) is 8.58. The minimum atomic E-state index is -0.0698. The van der Waals surface area contributed by atoms with Gasteiger partial charge in [-0.3, -0.25) is 4.79 Å². The monoisotopic (exact) mass is 594 g/mol. The highest BCUT2D eigenvalue weighted by atomic mass is 35.5. The van der Waals surface area contributed by atoms with Gasteiger partial charge >= 0.3 is 0 Å². The van der Waals surface area contributed by atoms with E-state index in [9.17, 15) is 4.79 Å². The van der Waals surface area contributed by atoms with Gasteiger partial charge in [-0.25, -0.2) is 0 Å². The Hall–Kier alpha value is -3.40. The van der Waals surface area contributed by atoms with Crippen molar-refractivity contribution in [3.8, 4) is 0 Å². The first-order chi connectivity index (χ1) is 20.7. The zero-order valence-corrected chi connectivity index (χ0v) is 26.2. The number of carbonyl (C=O) groups is 1. The summed E-state index contributed by atoms with van der Waals surface area (Å²) >= 11 is 0. The van der Waals surface area contributed by atoms with E-state index in [4.69, 9.17) is 0 Å². The number of nitrogens with one attached hydrogen (secondary N) is 1. The Morgan fingerprint density at radius 2 is 1.21 bits per heavy atom. The molecule has 1 N–H and O–H groups in total. The van der Waals surface area contributed by atoms with Gasteiger partial charge in [-0.2, -0.15) is 0 Å². The van der Waals surface area contributed by atoms with E-state index in [0.717, 1.165) is 38.6 Å². The van der Waals surface area contributed by atoms with Gasteiger partial charge in [0, 0.05) is 18.4 Å². The summed E-state index contributed by atoms with van der Waals surface area (Å²) in [6, 6.07) is 43.4. The van der Waals surface area contributed by atoms with Gasteiger partial charge in [0.15, 0.2) is 0 Å². The molecule has 4 aromatic carbocycles. The second kappa shape index (κ2) is 17.0. The zero-order valence-electron chi connectivity index (χ0n) is 25.4. The first kappa shape index (κ1) is 32.5. The molecule has 0 atom stereocenters. The third kappa shape index (κ3) is 9.29. The minimum Gasteiger partial charge on any atom is -0.356 e. The zero-order chi connectivity index (χ0) is 28.9. The molecule has 0 aliphatic carbocycles. The fraction of sp³-hybridized carbons (Fsp3) is 0.359. The maximum atomic E-state index is 12.6. The van der Waals surface area contributed by atoms with Crippen LogP contribution in [0.15, 0.2) is 121 Å². The molecule has 0 aromatic heterocycles. The lowest BCUT2D eigenvalue weighted by molar-refractivity contribution is -0.121. The molecule has 1 amide bonds. The van der Waals surface area contributed by atoms with E-state index in [1.165, 1.54) is 48.2 Å². The van der Waals surface area contributed by atoms with E-state index < -0.39 is 0 Å². The molecule has 1 aliphatic heterocycles. The quantitative estimate of drug-likeness (QED) is 0.148. The van der Waals surface area contributed by atoms with Crippen LogP contribution in [0.3, 0.4) is 0 Å². The van der Waals surface area contributed by atoms with Gasteiger partial charge in [-0.1, -0.05) is 121 Å². The summed E-state index contributed by atoms with van der Waals surface area (Å²) in [6.45, 7) is 4.21. The van der Waals surface area contributed by atoms with Gasteiger partial charge in [0.1, 0.15) is 0 Å². The first-order valence-corrected chi connectivity index (χ1v) is 15.9. The van der Waals surface area contributed by atoms with Gasteiger partial charge in [0.25, 0.3) is 0 Å². The third-order valence-electron chi connectivity index (χ3n) is 9.18. The fourth-order valence-electron chi connectivity index (χ4n) is 6.81. The number of benzene rings is 4. The highest BCUT2D eigenvalue weighted by Gasteiger charge is 2.33. The molecule has 1 saturated heterocycles. The van der Waals surface area contributed by atoms with Crippen molar-refractivity contribution >= 4 is 18.3 Å². The molecule has 5 rings (SSSR count). The van der Waals surface area contributed by atoms with Crippen LogP contribution in [-0.2, 0) is 16.6 Å². The number of halogens is 1. The van der Waals surface area contributed by atoms with Crippen LogP contribution in [0.4, 0.5) is 0 Å². The maximum absolute atomic E-state index is 12.6. The average Bonchev–Trinajstić information content (AvgIpc) is 3.07. The molecular formula is C39H47ClN2O. The summed E-state index contributed by atoms with van der Waals surface area (Å²) in [4.78, 5) is 15.3. The molecule has 0 bridgehead atoms. The molecule has 0 spiro atoms. The van der Waals surface area contributed by atoms with Gasteiger partial charge in [0.05, 0.1) is 0 Å². The molecular weight excluding hydrogens is 548 g/mol. The average molecular weight is 595 g/mol. The van der Waals surface area contributed by atoms with E-state index in [1.54, 1.807) is 0 Å². The molecule has 0 unspecified atom stereocenters. The van der Waals surface area contributed by atoms with E-state index in [1.807, 2.05) is 18.2 Å². The largest absolute Gasteiger partial charge is 0.356 e. The molecule has 226 valence electrons. The number of likely N-dealkylation sites (tertiary alicyclic amines) is 1. The van der Waals surface area contributed by atoms with E-state index in [0.29, 0.717) is 18.9 Å². The van der Waals surface area contributed by atoms with E-state index >= 15 is 0 Å². The highest BCUT2D eigenvalue weighted by Crippen LogP contribution is 2.41. The number of nitrogens with zero attached hydrogens (tertiary/aromatic N) is 1. The van der Waals surface area contributed by atoms with Crippen molar-refractivity contribution in [2.24, 2.45) is 0 Å². The van der Waals surface area contributed by atoms with Crippen LogP contribution >= 0.6 is 12.4 Å². The summed E-state index contributed by atoms with van der Waals surface area (Å²) in [5.74, 6) is 0.834. The number of amides is 1. The molecule has 3 nitrogen and oxygen atoms in total. The highest BCUT2D eigenvalue weighted by molar-refractivity contribution is 5.85. The van der Waals surface area contributed by atoms with Crippen LogP contribution in [0.1, 0.15) is 73.1 Å². The Balaban J connectivity index is 0.00000423. The fourth-order valence-corrected chi connectivity index (χ4v) is 6.81. The second-order valence-corrected chi connectivity index (χ2v) is 11.9. The molecule has 0 saturated carbocycles. The Bertz CT molecular complexity index is 1280. The summed E-state index contributed by atoms with van der Waals surface area (Å²) in [5, 5.41) is 3.21. The lowest BCUT2D eigenvalue weighted by Crippen LogP contribution is -2.35. The number of aryl methyl sites for hydroxylation is 1. The number of hydrogen-bond acceptors (Lipinski definition) is 2. The van der Waals surface area contributed by atoms with Crippen LogP contribution in [-0.4, -0.2) is 37.0 Å². The minimum absolute atomic E-state index is 0. The third-order valence-corrected chi connectivity index (χ3v) is 9.18. The Kier molecular flexibility index (Phi) is 12.9. The van der Waals surface area contributed by atoms with Crippen molar-refractivity contribution < 1.29 is 4.79 Å². The second-order valence-electron chi connectivity index (χ2n) is 11.9. The lowest BCUT2D eigenvalue weighted by atomic mass is 9.68. The molecule has 1 aliphatic rings. The van der Waals surface area contributed by atoms with Gasteiger partial charge < -0.3 is 10.2 Å². The first-order valence-electron chi connectivity index (χ1n) is 15.9. The van der Waals surface area contributed by atoms with Gasteiger partial charge in [0.2, 0.25) is 5.91 Å². The van der Waals surface area contributed by atoms with Crippen molar-refractivity contribution in [3.63, 3.8) is 0 Å².